The molecule has 0 fully saturated rings. The Morgan fingerprint density at radius 1 is 1.29 bits per heavy atom. The van der Waals surface area contributed by atoms with Crippen molar-refractivity contribution >= 4 is 38.3 Å². The zero-order valence-electron chi connectivity index (χ0n) is 19.3. The molecule has 184 valence electrons. The Morgan fingerprint density at radius 3 is 2.71 bits per heavy atom. The predicted octanol–water partition coefficient (Wildman–Crippen LogP) is 3.82. The van der Waals surface area contributed by atoms with Crippen molar-refractivity contribution < 1.29 is 18.3 Å². The third kappa shape index (κ3) is 5.24. The van der Waals surface area contributed by atoms with Crippen LogP contribution in [0.2, 0.25) is 5.02 Å². The van der Waals surface area contributed by atoms with Gasteiger partial charge in [0.15, 0.2) is 9.84 Å². The van der Waals surface area contributed by atoms with E-state index in [1.807, 2.05) is 31.3 Å². The summed E-state index contributed by atoms with van der Waals surface area (Å²) in [7, 11) is -3.27. The number of aromatic nitrogens is 4. The number of nitrogens with two attached hydrogens (primary N) is 1. The second-order valence-electron chi connectivity index (χ2n) is 8.58. The second kappa shape index (κ2) is 9.80. The van der Waals surface area contributed by atoms with E-state index in [1.165, 1.54) is 0 Å². The maximum Gasteiger partial charge on any atom is 0.352 e. The van der Waals surface area contributed by atoms with Gasteiger partial charge < -0.3 is 15.8 Å². The molecule has 4 aromatic rings. The summed E-state index contributed by atoms with van der Waals surface area (Å²) in [4.78, 5) is 15.3. The molecule has 0 bridgehead atoms. The number of halogens is 1. The molecule has 2 aromatic heterocycles. The molecule has 0 aliphatic heterocycles. The molecule has 2 heterocycles. The molecule has 4 N–H and O–H groups in total. The zero-order chi connectivity index (χ0) is 25.3. The number of aromatic amines is 1. The summed E-state index contributed by atoms with van der Waals surface area (Å²) in [6.07, 6.45) is 4.56. The van der Waals surface area contributed by atoms with E-state index in [4.69, 9.17) is 17.3 Å². The van der Waals surface area contributed by atoms with Crippen molar-refractivity contribution in [2.24, 2.45) is 5.73 Å². The van der Waals surface area contributed by atoms with Crippen LogP contribution in [0.4, 0.5) is 0 Å². The maximum atomic E-state index is 12.2. The highest BCUT2D eigenvalue weighted by molar-refractivity contribution is 7.89. The van der Waals surface area contributed by atoms with Crippen LogP contribution in [0.25, 0.3) is 22.0 Å². The number of nitrogens with one attached hydrogen (secondary N) is 1. The zero-order valence-corrected chi connectivity index (χ0v) is 20.9. The van der Waals surface area contributed by atoms with E-state index < -0.39 is 15.8 Å². The number of carbonyl (C=O) groups is 1. The van der Waals surface area contributed by atoms with E-state index in [9.17, 15) is 18.3 Å². The van der Waals surface area contributed by atoms with Crippen molar-refractivity contribution in [3.8, 4) is 11.1 Å². The number of aromatic carboxylic acids is 1. The summed E-state index contributed by atoms with van der Waals surface area (Å²) in [5.41, 5.74) is 9.49. The lowest BCUT2D eigenvalue weighted by Gasteiger charge is -2.13. The largest absolute Gasteiger partial charge is 0.477 e. The van der Waals surface area contributed by atoms with Crippen LogP contribution in [-0.2, 0) is 22.0 Å². The Morgan fingerprint density at radius 2 is 2.06 bits per heavy atom. The van der Waals surface area contributed by atoms with Crippen molar-refractivity contribution in [2.45, 2.75) is 31.6 Å². The van der Waals surface area contributed by atoms with Gasteiger partial charge in [-0.1, -0.05) is 47.1 Å². The maximum absolute atomic E-state index is 12.2. The van der Waals surface area contributed by atoms with Crippen LogP contribution in [-0.4, -0.2) is 52.3 Å². The molecular weight excluding hydrogens is 490 g/mol. The molecule has 4 rings (SSSR count). The number of H-pyrrole nitrogens is 1. The highest BCUT2D eigenvalue weighted by atomic mass is 35.5. The number of carboxylic acids is 1. The van der Waals surface area contributed by atoms with Crippen LogP contribution in [0.1, 0.15) is 46.7 Å². The number of aryl methyl sites for hydroxylation is 1. The van der Waals surface area contributed by atoms with Gasteiger partial charge in [0.1, 0.15) is 5.69 Å². The first-order chi connectivity index (χ1) is 16.6. The number of nitrogens with zero attached hydrogens (tertiary/aromatic N) is 3. The Bertz CT molecular complexity index is 1510. The van der Waals surface area contributed by atoms with Crippen molar-refractivity contribution in [3.05, 3.63) is 70.1 Å². The van der Waals surface area contributed by atoms with Crippen LogP contribution >= 0.6 is 11.6 Å². The van der Waals surface area contributed by atoms with E-state index in [0.717, 1.165) is 30.4 Å². The number of sulfone groups is 1. The predicted molar refractivity (Wildman–Crippen MR) is 135 cm³/mol. The smallest absolute Gasteiger partial charge is 0.352 e. The van der Waals surface area contributed by atoms with Gasteiger partial charge in [0, 0.05) is 34.0 Å². The molecule has 2 aromatic carbocycles. The Hall–Kier alpha value is -3.21. The summed E-state index contributed by atoms with van der Waals surface area (Å²) in [5.74, 6) is -1.31. The number of rotatable bonds is 9. The van der Waals surface area contributed by atoms with E-state index >= 15 is 0 Å². The van der Waals surface area contributed by atoms with Gasteiger partial charge in [-0.3, -0.25) is 0 Å². The van der Waals surface area contributed by atoms with Crippen LogP contribution in [0, 0.1) is 0 Å². The quantitative estimate of drug-likeness (QED) is 0.307. The van der Waals surface area contributed by atoms with Gasteiger partial charge in [-0.05, 0) is 43.5 Å². The summed E-state index contributed by atoms with van der Waals surface area (Å²) in [6.45, 7) is 2.54. The summed E-state index contributed by atoms with van der Waals surface area (Å²) >= 11 is 6.39. The minimum Gasteiger partial charge on any atom is -0.477 e. The molecule has 0 amide bonds. The third-order valence-corrected chi connectivity index (χ3v) is 7.07. The third-order valence-electron chi connectivity index (χ3n) is 5.88. The van der Waals surface area contributed by atoms with E-state index in [0.29, 0.717) is 34.1 Å². The molecule has 9 nitrogen and oxygen atoms in total. The molecule has 0 spiro atoms. The lowest BCUT2D eigenvalue weighted by molar-refractivity contribution is 0.0692. The van der Waals surface area contributed by atoms with Gasteiger partial charge >= 0.3 is 5.97 Å². The topological polar surface area (TPSA) is 144 Å². The van der Waals surface area contributed by atoms with Gasteiger partial charge in [-0.2, -0.15) is 0 Å². The number of fused-ring (bicyclic) bond motifs is 1. The molecule has 0 aliphatic carbocycles. The second-order valence-corrected chi connectivity index (χ2v) is 11.1. The Labute approximate surface area is 207 Å². The van der Waals surface area contributed by atoms with E-state index in [-0.39, 0.29) is 22.5 Å². The minimum atomic E-state index is -3.27. The molecule has 0 unspecified atom stereocenters. The van der Waals surface area contributed by atoms with Crippen LogP contribution in [0.3, 0.4) is 0 Å². The van der Waals surface area contributed by atoms with Crippen molar-refractivity contribution in [2.75, 3.05) is 12.8 Å². The fourth-order valence-corrected chi connectivity index (χ4v) is 5.34. The van der Waals surface area contributed by atoms with Crippen molar-refractivity contribution in [1.29, 1.82) is 0 Å². The molecular formula is C24H26ClN5O4S. The van der Waals surface area contributed by atoms with Gasteiger partial charge in [-0.25, -0.2) is 17.9 Å². The Kier molecular flexibility index (Phi) is 6.98. The average Bonchev–Trinajstić information content (AvgIpc) is 3.42. The molecule has 35 heavy (non-hydrogen) atoms. The van der Waals surface area contributed by atoms with Crippen LogP contribution in [0.5, 0.6) is 0 Å². The normalized spacial score (nSPS) is 12.8. The van der Waals surface area contributed by atoms with Crippen LogP contribution < -0.4 is 5.73 Å². The number of hydrogen-bond acceptors (Lipinski definition) is 6. The molecule has 0 radical (unpaired) electrons. The van der Waals surface area contributed by atoms with Crippen molar-refractivity contribution in [1.82, 2.24) is 20.0 Å². The average molecular weight is 516 g/mol. The highest BCUT2D eigenvalue weighted by Gasteiger charge is 2.23. The summed E-state index contributed by atoms with van der Waals surface area (Å²) in [6, 6.07) is 10.3. The molecule has 0 aliphatic rings. The molecule has 11 heteroatoms. The summed E-state index contributed by atoms with van der Waals surface area (Å²) < 4.78 is 25.1. The number of para-hydroxylation sites is 1. The number of carboxylic acid groups (broad SMARTS) is 1. The first-order valence-electron chi connectivity index (χ1n) is 11.0. The molecule has 1 atom stereocenters. The fraction of sp³-hybridized carbons (Fsp3) is 0.292. The monoisotopic (exact) mass is 515 g/mol. The van der Waals surface area contributed by atoms with Gasteiger partial charge in [0.2, 0.25) is 0 Å². The summed E-state index contributed by atoms with van der Waals surface area (Å²) in [5, 5.41) is 19.4. The van der Waals surface area contributed by atoms with Crippen molar-refractivity contribution in [3.63, 3.8) is 0 Å². The molecule has 0 saturated carbocycles. The lowest BCUT2D eigenvalue weighted by atomic mass is 9.98. The van der Waals surface area contributed by atoms with Gasteiger partial charge in [-0.15, -0.1) is 5.10 Å². The first-order valence-corrected chi connectivity index (χ1v) is 13.5. The number of hydrogen-bond donors (Lipinski definition) is 3. The standard InChI is InChI=1S/C24H26ClN5O4S/c1-14(30-12-17(28-29-30)5-4-10-26)18-6-3-7-19-21(23(24(31)32)27-22(18)19)15-8-9-16(20(25)11-15)13-35(2,33)34/h3,6-9,11-12,14,27H,4-5,10,13,26H2,1-2H3,(H,31,32)/t14-/m0/s1. The fourth-order valence-electron chi connectivity index (χ4n) is 4.19. The Balaban J connectivity index is 1.81. The van der Waals surface area contributed by atoms with E-state index in [2.05, 4.69) is 15.3 Å². The first kappa shape index (κ1) is 24.9. The molecule has 0 saturated heterocycles. The van der Waals surface area contributed by atoms with Gasteiger partial charge in [0.05, 0.1) is 23.0 Å². The minimum absolute atomic E-state index is 0.0220. The number of benzene rings is 2. The highest BCUT2D eigenvalue weighted by Crippen LogP contribution is 2.38. The lowest BCUT2D eigenvalue weighted by Crippen LogP contribution is -2.08. The van der Waals surface area contributed by atoms with Gasteiger partial charge in [0.25, 0.3) is 0 Å². The van der Waals surface area contributed by atoms with Crippen LogP contribution in [0.15, 0.2) is 42.6 Å². The van der Waals surface area contributed by atoms with E-state index in [1.54, 1.807) is 22.9 Å². The SMILES string of the molecule is C[C@@H](c1cccc2c(-c3ccc(CS(C)(=O)=O)c(Cl)c3)c(C(=O)O)[nH]c12)n1cc(CCCN)nn1.